The molecule has 139 heavy (non-hydrogen) atoms. The van der Waals surface area contributed by atoms with Crippen molar-refractivity contribution in [3.8, 4) is 0 Å². The Morgan fingerprint density at radius 3 is 1.38 bits per heavy atom. The number of hydrogen-bond acceptors (Lipinski definition) is 15. The summed E-state index contributed by atoms with van der Waals surface area (Å²) in [6.45, 7) is 89.1. The van der Waals surface area contributed by atoms with Crippen LogP contribution in [0.2, 0.25) is 0 Å². The van der Waals surface area contributed by atoms with E-state index >= 15 is 0 Å². The molecule has 0 unspecified atom stereocenters. The molecule has 19 heteroatoms. The van der Waals surface area contributed by atoms with Crippen LogP contribution in [0.3, 0.4) is 0 Å². The molecular weight excluding hydrogens is 1800 g/mol. The molecule has 0 atom stereocenters. The number of nitrogens with zero attached hydrogens (tertiary/aromatic N) is 11. The lowest BCUT2D eigenvalue weighted by Crippen LogP contribution is -2.10. The Morgan fingerprint density at radius 2 is 0.806 bits per heavy atom. The van der Waals surface area contributed by atoms with Crippen molar-refractivity contribution >= 4 is 98.4 Å². The first kappa shape index (κ1) is 153. The minimum Gasteiger partial charge on any atom is -0.469 e. The molecule has 2 aromatic carbocycles. The largest absolute Gasteiger partial charge is 0.469 e. The van der Waals surface area contributed by atoms with E-state index < -0.39 is 0 Å². The Labute approximate surface area is 878 Å². The number of imidazole rings is 1. The van der Waals surface area contributed by atoms with Crippen molar-refractivity contribution in [3.63, 3.8) is 0 Å². The van der Waals surface area contributed by atoms with Gasteiger partial charge < -0.3 is 27.0 Å². The molecule has 14 heterocycles. The van der Waals surface area contributed by atoms with E-state index in [1.54, 1.807) is 79.5 Å². The molecule has 798 valence electrons. The van der Waals surface area contributed by atoms with Gasteiger partial charge in [0, 0.05) is 102 Å². The van der Waals surface area contributed by atoms with Gasteiger partial charge in [-0.25, -0.2) is 24.9 Å². The van der Waals surface area contributed by atoms with Crippen molar-refractivity contribution in [2.24, 2.45) is 21.1 Å². The molecule has 0 spiro atoms. The number of thiophene rings is 3. The van der Waals surface area contributed by atoms with E-state index in [-0.39, 0.29) is 0 Å². The number of oxazole rings is 2. The minimum absolute atomic E-state index is 0.664. The van der Waals surface area contributed by atoms with Crippen LogP contribution in [0.15, 0.2) is 194 Å². The average Bonchev–Trinajstić information content (AvgIpc) is 1.69. The van der Waals surface area contributed by atoms with Crippen LogP contribution in [0.5, 0.6) is 0 Å². The molecule has 0 bridgehead atoms. The Balaban J connectivity index is -0.000000139. The topological polar surface area (TPSA) is 149 Å². The third-order valence-electron chi connectivity index (χ3n) is 17.7. The van der Waals surface area contributed by atoms with Crippen LogP contribution in [-0.2, 0) is 111 Å². The van der Waals surface area contributed by atoms with E-state index in [4.69, 9.17) is 13.3 Å². The Hall–Kier alpha value is -8.33. The lowest BCUT2D eigenvalue weighted by molar-refractivity contribution is 0.486. The summed E-state index contributed by atoms with van der Waals surface area (Å²) < 4.78 is 26.5. The number of fused-ring (bicyclic) bond motifs is 11. The summed E-state index contributed by atoms with van der Waals surface area (Å²) in [6, 6.07) is 35.4. The highest BCUT2D eigenvalue weighted by molar-refractivity contribution is 7.36. The van der Waals surface area contributed by atoms with E-state index in [0.717, 1.165) is 42.7 Å². The van der Waals surface area contributed by atoms with E-state index in [1.165, 1.54) is 198 Å². The number of pyridine rings is 1. The summed E-state index contributed by atoms with van der Waals surface area (Å²) >= 11 is 8.95. The number of furan rings is 1. The van der Waals surface area contributed by atoms with Crippen LogP contribution in [-0.4, -0.2) is 53.4 Å². The molecule has 0 amide bonds. The zero-order chi connectivity index (χ0) is 109. The van der Waals surface area contributed by atoms with Crippen LogP contribution >= 0.6 is 56.7 Å². The Kier molecular flexibility index (Phi) is 133. The molecule has 0 fully saturated rings. The lowest BCUT2D eigenvalue weighted by atomic mass is 10.1. The maximum absolute atomic E-state index is 5.18. The summed E-state index contributed by atoms with van der Waals surface area (Å²) in [5.74, 6) is 2.31. The van der Waals surface area contributed by atoms with Gasteiger partial charge in [0.25, 0.3) is 0 Å². The first-order chi connectivity index (χ1) is 68.9. The SMILES string of the molecule is CC.CC.CC.CC.CC.CC.CC.CC.CC.CC.CC.CC.CC.CC.CC.CC.CC.CC.CC.CC.CC.CC.Cn1ccc2c1CCC2.Cn1ccc2ccccc21.Cn1cnc2c1CCC2.c1cc2c(o1)CCC2.c1cc2c(s1)CCC2.c1cc2n(n1)CCCC2.c1cc2ncsc2s1.c1ccc2sccc2c1.c1cnc2ncoc2c1.c1nc2c(o1)CCC2.c1nc2c(s1)CCC2. The number of thiazole rings is 2. The van der Waals surface area contributed by atoms with Crippen molar-refractivity contribution in [1.29, 1.82) is 0 Å². The van der Waals surface area contributed by atoms with Crippen molar-refractivity contribution in [2.75, 3.05) is 0 Å². The molecule has 22 rings (SSSR count). The second kappa shape index (κ2) is 120. The highest BCUT2D eigenvalue weighted by Gasteiger charge is 2.17. The molecule has 0 saturated heterocycles. The molecule has 7 aliphatic rings. The molecule has 0 saturated carbocycles. The van der Waals surface area contributed by atoms with Crippen LogP contribution < -0.4 is 0 Å². The van der Waals surface area contributed by atoms with Crippen molar-refractivity contribution in [3.05, 3.63) is 253 Å². The van der Waals surface area contributed by atoms with Gasteiger partial charge in [-0.2, -0.15) is 10.1 Å². The molecule has 0 N–H and O–H groups in total. The lowest BCUT2D eigenvalue weighted by Gasteiger charge is -2.11. The molecule has 6 aliphatic carbocycles. The standard InChI is InChI=1S/C9H9N.C8H11N.C8H6S.2C7H10N2.C7H8O.C7H8S.C6H4N2O.C6H7NO.C6H7NS.C5H3NS2.22C2H6/c1-10-7-6-8-4-2-3-5-9(8)10;1-9-6-5-7-3-2-4-8(7)9;1-2-4-8-7(3-1)5-6-9-8;1-9-5-8-6-3-2-4-7(6)9;1-2-6-9-7(3-1)4-5-8-9;2*1-2-6-4-5-8-7(6)3-1;1-2-5-6(7-3-1)8-4-9-5;2*1-2-5-6(3-1)8-4-7-5;1-2-7-5-4(1)6-3-8-5;22*1-2/h2-7H,1H3;5-6H,2-4H2,1H3;1-6H;5H,2-4H2,1H3;4-5H,1-3,6H2;2*4-5H,1-3H2;1-4H;2*4H,1-3H2;1-3H;22*1-2H3. The zero-order valence-electron chi connectivity index (χ0n) is 98.6. The fourth-order valence-corrected chi connectivity index (χ4v) is 16.8. The Bertz CT molecular complexity index is 4220. The third-order valence-corrected chi connectivity index (χ3v) is 22.4. The summed E-state index contributed by atoms with van der Waals surface area (Å²) in [4.78, 5) is 27.5. The molecule has 14 nitrogen and oxygen atoms in total. The highest BCUT2D eigenvalue weighted by Crippen LogP contribution is 2.28. The van der Waals surface area contributed by atoms with Gasteiger partial charge in [-0.3, -0.25) is 4.68 Å². The predicted octanol–water partition coefficient (Wildman–Crippen LogP) is 41.7. The number of hydrogen-bond donors (Lipinski definition) is 0. The van der Waals surface area contributed by atoms with Crippen molar-refractivity contribution in [2.45, 2.75) is 446 Å². The maximum Gasteiger partial charge on any atom is 0.198 e. The minimum atomic E-state index is 0.664. The smallest absolute Gasteiger partial charge is 0.198 e. The summed E-state index contributed by atoms with van der Waals surface area (Å²) in [5, 5.41) is 13.2. The van der Waals surface area contributed by atoms with Gasteiger partial charge in [0.2, 0.25) is 0 Å². The normalized spacial score (nSPS) is 10.6. The van der Waals surface area contributed by atoms with E-state index in [2.05, 4.69) is 188 Å². The van der Waals surface area contributed by atoms with Gasteiger partial charge >= 0.3 is 0 Å². The van der Waals surface area contributed by atoms with E-state index in [9.17, 15) is 0 Å². The number of aryl methyl sites for hydroxylation is 15. The van der Waals surface area contributed by atoms with Crippen LogP contribution in [0.1, 0.15) is 428 Å². The number of para-hydroxylation sites is 1. The van der Waals surface area contributed by atoms with Crippen LogP contribution in [0.25, 0.3) is 41.7 Å². The first-order valence-corrected chi connectivity index (χ1v) is 59.7. The predicted molar refractivity (Wildman–Crippen MR) is 641 cm³/mol. The summed E-state index contributed by atoms with van der Waals surface area (Å²) in [5.41, 5.74) is 20.5. The molecule has 1 aliphatic heterocycles. The molecule has 0 radical (unpaired) electrons. The number of aromatic nitrogens is 11. The highest BCUT2D eigenvalue weighted by atomic mass is 32.2. The third kappa shape index (κ3) is 64.8. The fourth-order valence-electron chi connectivity index (χ4n) is 12.6. The second-order valence-corrected chi connectivity index (χ2v) is 28.9. The monoisotopic (exact) mass is 2020 g/mol. The van der Waals surface area contributed by atoms with Gasteiger partial charge in [0.15, 0.2) is 24.0 Å². The van der Waals surface area contributed by atoms with E-state index in [0.29, 0.717) is 5.65 Å². The molecular formula is C120H215N11O3S5. The van der Waals surface area contributed by atoms with Gasteiger partial charge in [-0.05, 0) is 232 Å². The van der Waals surface area contributed by atoms with Crippen molar-refractivity contribution < 1.29 is 13.3 Å². The zero-order valence-corrected chi connectivity index (χ0v) is 103. The number of rotatable bonds is 0. The number of benzene rings is 2. The summed E-state index contributed by atoms with van der Waals surface area (Å²) in [7, 11) is 6.25. The average molecular weight is 2020 g/mol. The fraction of sp³-hybridized carbons (Fsp3) is 0.575. The van der Waals surface area contributed by atoms with Gasteiger partial charge in [-0.15, -0.1) is 56.7 Å². The van der Waals surface area contributed by atoms with Crippen LogP contribution in [0.4, 0.5) is 0 Å². The summed E-state index contributed by atoms with van der Waals surface area (Å²) in [6.07, 6.45) is 40.9. The second-order valence-electron chi connectivity index (χ2n) is 24.0. The first-order valence-electron chi connectivity index (χ1n) is 55.3. The molecule has 13 aromatic heterocycles. The van der Waals surface area contributed by atoms with Gasteiger partial charge in [0.1, 0.15) is 15.5 Å². The quantitative estimate of drug-likeness (QED) is 0.144. The van der Waals surface area contributed by atoms with E-state index in [1.807, 2.05) is 358 Å². The Morgan fingerprint density at radius 1 is 0.295 bits per heavy atom. The maximum atomic E-state index is 5.18. The van der Waals surface area contributed by atoms with Gasteiger partial charge in [0.05, 0.1) is 46.2 Å². The van der Waals surface area contributed by atoms with Crippen LogP contribution in [0, 0.1) is 0 Å². The van der Waals surface area contributed by atoms with Crippen molar-refractivity contribution in [1.82, 2.24) is 53.4 Å². The molecule has 15 aromatic rings. The van der Waals surface area contributed by atoms with Gasteiger partial charge in [-0.1, -0.05) is 341 Å².